The molecule has 5 heteroatoms. The van der Waals surface area contributed by atoms with E-state index >= 15 is 0 Å². The first kappa shape index (κ1) is 16.0. The maximum Gasteiger partial charge on any atom is 0.275 e. The molecule has 0 heterocycles. The van der Waals surface area contributed by atoms with Gasteiger partial charge in [-0.15, -0.1) is 6.58 Å². The van der Waals surface area contributed by atoms with E-state index in [1.807, 2.05) is 30.3 Å². The molecule has 4 nitrogen and oxygen atoms in total. The van der Waals surface area contributed by atoms with E-state index in [0.29, 0.717) is 4.47 Å². The van der Waals surface area contributed by atoms with Crippen LogP contribution in [0.2, 0.25) is 0 Å². The Balaban J connectivity index is 2.05. The summed E-state index contributed by atoms with van der Waals surface area (Å²) in [5, 5.41) is 13.6. The van der Waals surface area contributed by atoms with Gasteiger partial charge in [0.1, 0.15) is 5.75 Å². The highest BCUT2D eigenvalue weighted by atomic mass is 79.9. The third-order valence-corrected chi connectivity index (χ3v) is 3.41. The maximum absolute atomic E-state index is 12.0. The van der Waals surface area contributed by atoms with Crippen molar-refractivity contribution < 1.29 is 9.90 Å². The minimum atomic E-state index is -0.475. The molecular weight excluding hydrogens is 344 g/mol. The molecule has 0 saturated carbocycles. The zero-order valence-electron chi connectivity index (χ0n) is 11.8. The average Bonchev–Trinajstić information content (AvgIpc) is 2.50. The number of amides is 1. The fourth-order valence-electron chi connectivity index (χ4n) is 1.88. The molecule has 0 aliphatic heterocycles. The number of allylic oxidation sites excluding steroid dienone is 1. The second-order valence-corrected chi connectivity index (χ2v) is 5.51. The first-order valence-corrected chi connectivity index (χ1v) is 7.41. The van der Waals surface area contributed by atoms with Gasteiger partial charge in [-0.2, -0.15) is 5.10 Å². The molecule has 112 valence electrons. The summed E-state index contributed by atoms with van der Waals surface area (Å²) in [6.45, 7) is 3.70. The monoisotopic (exact) mass is 358 g/mol. The van der Waals surface area contributed by atoms with Gasteiger partial charge in [-0.25, -0.2) is 5.43 Å². The van der Waals surface area contributed by atoms with E-state index < -0.39 is 5.91 Å². The number of hydrogen-bond acceptors (Lipinski definition) is 3. The first-order chi connectivity index (χ1) is 10.6. The molecule has 2 aromatic carbocycles. The molecule has 2 aromatic rings. The molecular formula is C17H15BrN2O2. The standard InChI is InChI=1S/C17H15BrN2O2/c1-2-4-12-5-3-6-13(9-12)11-19-20-17(22)15-10-14(18)7-8-16(15)21/h2-3,5-11,21H,1,4H2,(H,20,22)/b19-11+. The number of phenolic OH excluding ortho intramolecular Hbond substituents is 1. The Labute approximate surface area is 137 Å². The fraction of sp³-hybridized carbons (Fsp3) is 0.0588. The van der Waals surface area contributed by atoms with Gasteiger partial charge < -0.3 is 5.11 Å². The van der Waals surface area contributed by atoms with Crippen LogP contribution in [0.15, 0.2) is 64.7 Å². The van der Waals surface area contributed by atoms with Gasteiger partial charge in [0.2, 0.25) is 0 Å². The predicted octanol–water partition coefficient (Wildman–Crippen LogP) is 3.65. The molecule has 0 bridgehead atoms. The molecule has 0 aromatic heterocycles. The van der Waals surface area contributed by atoms with E-state index in [0.717, 1.165) is 17.5 Å². The predicted molar refractivity (Wildman–Crippen MR) is 91.2 cm³/mol. The van der Waals surface area contributed by atoms with Crippen LogP contribution in [0.5, 0.6) is 5.75 Å². The van der Waals surface area contributed by atoms with Gasteiger partial charge >= 0.3 is 0 Å². The molecule has 0 aliphatic carbocycles. The number of nitrogens with zero attached hydrogens (tertiary/aromatic N) is 1. The minimum Gasteiger partial charge on any atom is -0.507 e. The lowest BCUT2D eigenvalue weighted by molar-refractivity contribution is 0.0952. The van der Waals surface area contributed by atoms with Gasteiger partial charge in [-0.3, -0.25) is 4.79 Å². The van der Waals surface area contributed by atoms with Gasteiger partial charge in [0, 0.05) is 4.47 Å². The molecule has 1 amide bonds. The van der Waals surface area contributed by atoms with Gasteiger partial charge in [0.25, 0.3) is 5.91 Å². The molecule has 0 unspecified atom stereocenters. The van der Waals surface area contributed by atoms with Crippen LogP contribution >= 0.6 is 15.9 Å². The van der Waals surface area contributed by atoms with Crippen LogP contribution in [0.25, 0.3) is 0 Å². The summed E-state index contributed by atoms with van der Waals surface area (Å²) < 4.78 is 0.705. The number of halogens is 1. The highest BCUT2D eigenvalue weighted by Crippen LogP contribution is 2.21. The van der Waals surface area contributed by atoms with Crippen molar-refractivity contribution in [3.8, 4) is 5.75 Å². The molecule has 2 N–H and O–H groups in total. The molecule has 0 aliphatic rings. The number of carbonyl (C=O) groups is 1. The summed E-state index contributed by atoms with van der Waals surface area (Å²) in [7, 11) is 0. The van der Waals surface area contributed by atoms with E-state index in [9.17, 15) is 9.90 Å². The van der Waals surface area contributed by atoms with Crippen molar-refractivity contribution in [1.82, 2.24) is 5.43 Å². The van der Waals surface area contributed by atoms with E-state index in [2.05, 4.69) is 33.0 Å². The average molecular weight is 359 g/mol. The number of hydrogen-bond donors (Lipinski definition) is 2. The van der Waals surface area contributed by atoms with Crippen molar-refractivity contribution in [2.75, 3.05) is 0 Å². The molecule has 22 heavy (non-hydrogen) atoms. The second kappa shape index (κ2) is 7.56. The zero-order chi connectivity index (χ0) is 15.9. The van der Waals surface area contributed by atoms with Crippen molar-refractivity contribution in [1.29, 1.82) is 0 Å². The summed E-state index contributed by atoms with van der Waals surface area (Å²) in [4.78, 5) is 12.0. The van der Waals surface area contributed by atoms with E-state index in [4.69, 9.17) is 0 Å². The summed E-state index contributed by atoms with van der Waals surface area (Å²) in [5.41, 5.74) is 4.55. The van der Waals surface area contributed by atoms with E-state index in [1.54, 1.807) is 12.3 Å². The Kier molecular flexibility index (Phi) is 5.49. The first-order valence-electron chi connectivity index (χ1n) is 6.62. The molecule has 0 atom stereocenters. The summed E-state index contributed by atoms with van der Waals surface area (Å²) in [6.07, 6.45) is 4.16. The summed E-state index contributed by atoms with van der Waals surface area (Å²) in [5.74, 6) is -0.568. The number of aromatic hydroxyl groups is 1. The lowest BCUT2D eigenvalue weighted by Gasteiger charge is -2.03. The molecule has 0 spiro atoms. The lowest BCUT2D eigenvalue weighted by atomic mass is 10.1. The number of rotatable bonds is 5. The third kappa shape index (κ3) is 4.30. The number of phenols is 1. The third-order valence-electron chi connectivity index (χ3n) is 2.91. The Morgan fingerprint density at radius 3 is 2.91 bits per heavy atom. The Hall–Kier alpha value is -2.40. The quantitative estimate of drug-likeness (QED) is 0.486. The molecule has 0 saturated heterocycles. The minimum absolute atomic E-state index is 0.0936. The van der Waals surface area contributed by atoms with Crippen LogP contribution < -0.4 is 5.43 Å². The van der Waals surface area contributed by atoms with Crippen LogP contribution in [0.1, 0.15) is 21.5 Å². The largest absolute Gasteiger partial charge is 0.507 e. The van der Waals surface area contributed by atoms with Gasteiger partial charge in [-0.05, 0) is 41.8 Å². The van der Waals surface area contributed by atoms with Crippen molar-refractivity contribution in [2.24, 2.45) is 5.10 Å². The number of hydrazone groups is 1. The Bertz CT molecular complexity index is 726. The van der Waals surface area contributed by atoms with Crippen molar-refractivity contribution in [3.63, 3.8) is 0 Å². The van der Waals surface area contributed by atoms with Crippen LogP contribution in [0, 0.1) is 0 Å². The fourth-order valence-corrected chi connectivity index (χ4v) is 2.24. The maximum atomic E-state index is 12.0. The highest BCUT2D eigenvalue weighted by Gasteiger charge is 2.10. The summed E-state index contributed by atoms with van der Waals surface area (Å²) in [6, 6.07) is 12.4. The smallest absolute Gasteiger partial charge is 0.275 e. The number of benzene rings is 2. The number of carbonyl (C=O) groups excluding carboxylic acids is 1. The second-order valence-electron chi connectivity index (χ2n) is 4.60. The highest BCUT2D eigenvalue weighted by molar-refractivity contribution is 9.10. The van der Waals surface area contributed by atoms with Gasteiger partial charge in [0.15, 0.2) is 0 Å². The van der Waals surface area contributed by atoms with Gasteiger partial charge in [0.05, 0.1) is 11.8 Å². The van der Waals surface area contributed by atoms with Gasteiger partial charge in [-0.1, -0.05) is 40.2 Å². The summed E-state index contributed by atoms with van der Waals surface area (Å²) >= 11 is 3.25. The van der Waals surface area contributed by atoms with Crippen LogP contribution in [-0.2, 0) is 6.42 Å². The van der Waals surface area contributed by atoms with Crippen LogP contribution in [-0.4, -0.2) is 17.2 Å². The molecule has 2 rings (SSSR count). The lowest BCUT2D eigenvalue weighted by Crippen LogP contribution is -2.17. The van der Waals surface area contributed by atoms with Crippen molar-refractivity contribution in [3.05, 3.63) is 76.3 Å². The van der Waals surface area contributed by atoms with Crippen LogP contribution in [0.3, 0.4) is 0 Å². The number of nitrogens with one attached hydrogen (secondary N) is 1. The molecule has 0 radical (unpaired) electrons. The Morgan fingerprint density at radius 2 is 2.14 bits per heavy atom. The van der Waals surface area contributed by atoms with Crippen LogP contribution in [0.4, 0.5) is 0 Å². The zero-order valence-corrected chi connectivity index (χ0v) is 13.4. The van der Waals surface area contributed by atoms with Crippen molar-refractivity contribution in [2.45, 2.75) is 6.42 Å². The normalized spacial score (nSPS) is 10.6. The topological polar surface area (TPSA) is 61.7 Å². The molecule has 0 fully saturated rings. The SMILES string of the molecule is C=CCc1cccc(/C=N/NC(=O)c2cc(Br)ccc2O)c1. The Morgan fingerprint density at radius 1 is 1.32 bits per heavy atom. The van der Waals surface area contributed by atoms with E-state index in [1.165, 1.54) is 12.1 Å². The van der Waals surface area contributed by atoms with E-state index in [-0.39, 0.29) is 11.3 Å². The van der Waals surface area contributed by atoms with Crippen molar-refractivity contribution >= 4 is 28.1 Å².